The molecule has 0 amide bonds. The van der Waals surface area contributed by atoms with Gasteiger partial charge < -0.3 is 10.2 Å². The molecule has 1 N–H and O–H groups in total. The fraction of sp³-hybridized carbons (Fsp3) is 0.583. The highest BCUT2D eigenvalue weighted by Gasteiger charge is 2.26. The highest BCUT2D eigenvalue weighted by Crippen LogP contribution is 2.30. The van der Waals surface area contributed by atoms with Gasteiger partial charge in [0.1, 0.15) is 0 Å². The first-order valence-corrected chi connectivity index (χ1v) is 5.73. The minimum atomic E-state index is 0.744. The molecule has 82 valence electrons. The Bertz CT molecular complexity index is 320. The minimum absolute atomic E-state index is 0.744. The van der Waals surface area contributed by atoms with Crippen molar-refractivity contribution in [3.63, 3.8) is 0 Å². The lowest BCUT2D eigenvalue weighted by Crippen LogP contribution is -2.19. The van der Waals surface area contributed by atoms with Crippen LogP contribution in [0.5, 0.6) is 0 Å². The van der Waals surface area contributed by atoms with Crippen LogP contribution in [-0.2, 0) is 0 Å². The predicted octanol–water partition coefficient (Wildman–Crippen LogP) is 2.50. The summed E-state index contributed by atoms with van der Waals surface area (Å²) in [6.07, 6.45) is 7.62. The smallest absolute Gasteiger partial charge is 0.0573 e. The zero-order chi connectivity index (χ0) is 10.7. The van der Waals surface area contributed by atoms with E-state index < -0.39 is 0 Å². The molecular weight excluding hydrogens is 186 g/mol. The normalized spacial score (nSPS) is 15.1. The van der Waals surface area contributed by atoms with E-state index in [9.17, 15) is 0 Å². The Kier molecular flexibility index (Phi) is 3.09. The van der Waals surface area contributed by atoms with E-state index in [4.69, 9.17) is 0 Å². The van der Waals surface area contributed by atoms with E-state index in [1.54, 1.807) is 0 Å². The molecule has 0 saturated heterocycles. The zero-order valence-corrected chi connectivity index (χ0v) is 9.53. The molecule has 3 heteroatoms. The average molecular weight is 205 g/mol. The summed E-state index contributed by atoms with van der Waals surface area (Å²) < 4.78 is 0. The molecule has 1 aliphatic carbocycles. The Balaban J connectivity index is 2.04. The highest BCUT2D eigenvalue weighted by molar-refractivity contribution is 5.56. The van der Waals surface area contributed by atoms with Crippen LogP contribution in [0.2, 0.25) is 0 Å². The second kappa shape index (κ2) is 4.51. The lowest BCUT2D eigenvalue weighted by Gasteiger charge is -2.18. The van der Waals surface area contributed by atoms with Gasteiger partial charge in [-0.3, -0.25) is 4.98 Å². The van der Waals surface area contributed by atoms with Crippen molar-refractivity contribution in [2.45, 2.75) is 32.2 Å². The van der Waals surface area contributed by atoms with Crippen LogP contribution in [-0.4, -0.2) is 24.6 Å². The molecule has 1 fully saturated rings. The van der Waals surface area contributed by atoms with Crippen molar-refractivity contribution in [3.8, 4) is 0 Å². The molecule has 3 nitrogen and oxygen atoms in total. The summed E-state index contributed by atoms with van der Waals surface area (Å²) >= 11 is 0. The number of hydrogen-bond acceptors (Lipinski definition) is 3. The van der Waals surface area contributed by atoms with Crippen LogP contribution >= 0.6 is 0 Å². The summed E-state index contributed by atoms with van der Waals surface area (Å²) in [6.45, 7) is 3.18. The molecule has 1 heterocycles. The molecular formula is C12H19N3. The van der Waals surface area contributed by atoms with Crippen molar-refractivity contribution >= 4 is 11.4 Å². The van der Waals surface area contributed by atoms with Crippen molar-refractivity contribution in [2.75, 3.05) is 23.8 Å². The van der Waals surface area contributed by atoms with E-state index in [1.807, 2.05) is 12.4 Å². The van der Waals surface area contributed by atoms with Crippen LogP contribution in [0.15, 0.2) is 18.5 Å². The number of pyridine rings is 1. The number of aromatic nitrogens is 1. The molecule has 0 unspecified atom stereocenters. The second-order valence-electron chi connectivity index (χ2n) is 4.20. The summed E-state index contributed by atoms with van der Waals surface area (Å²) in [5.74, 6) is 0. The van der Waals surface area contributed by atoms with Gasteiger partial charge in [0.15, 0.2) is 0 Å². The molecule has 0 atom stereocenters. The van der Waals surface area contributed by atoms with Crippen LogP contribution in [0, 0.1) is 0 Å². The Morgan fingerprint density at radius 1 is 1.47 bits per heavy atom. The van der Waals surface area contributed by atoms with E-state index in [0.29, 0.717) is 0 Å². The fourth-order valence-electron chi connectivity index (χ4n) is 1.66. The molecule has 1 saturated carbocycles. The third-order valence-corrected chi connectivity index (χ3v) is 2.80. The fourth-order valence-corrected chi connectivity index (χ4v) is 1.66. The molecule has 0 aliphatic heterocycles. The summed E-state index contributed by atoms with van der Waals surface area (Å²) in [4.78, 5) is 6.59. The first-order valence-electron chi connectivity index (χ1n) is 5.73. The first-order chi connectivity index (χ1) is 7.31. The Morgan fingerprint density at radius 3 is 2.93 bits per heavy atom. The number of nitrogens with zero attached hydrogens (tertiary/aromatic N) is 2. The molecule has 0 radical (unpaired) electrons. The van der Waals surface area contributed by atoms with Crippen LogP contribution in [0.25, 0.3) is 0 Å². The topological polar surface area (TPSA) is 28.2 Å². The maximum Gasteiger partial charge on any atom is 0.0573 e. The monoisotopic (exact) mass is 205 g/mol. The summed E-state index contributed by atoms with van der Waals surface area (Å²) in [5.41, 5.74) is 2.35. The van der Waals surface area contributed by atoms with Crippen LogP contribution < -0.4 is 10.2 Å². The third-order valence-electron chi connectivity index (χ3n) is 2.80. The maximum absolute atomic E-state index is 4.26. The number of nitrogens with one attached hydrogen (secondary N) is 1. The summed E-state index contributed by atoms with van der Waals surface area (Å²) in [5, 5.41) is 3.36. The van der Waals surface area contributed by atoms with E-state index in [2.05, 4.69) is 35.2 Å². The lowest BCUT2D eigenvalue weighted by atomic mass is 10.3. The molecule has 1 aromatic heterocycles. The van der Waals surface area contributed by atoms with Crippen LogP contribution in [0.1, 0.15) is 26.2 Å². The lowest BCUT2D eigenvalue weighted by molar-refractivity contribution is 0.910. The van der Waals surface area contributed by atoms with Gasteiger partial charge in [-0.1, -0.05) is 6.92 Å². The van der Waals surface area contributed by atoms with Crippen molar-refractivity contribution in [3.05, 3.63) is 18.5 Å². The minimum Gasteiger partial charge on any atom is -0.384 e. The van der Waals surface area contributed by atoms with Gasteiger partial charge in [0.2, 0.25) is 0 Å². The number of hydrogen-bond donors (Lipinski definition) is 1. The average Bonchev–Trinajstić information content (AvgIpc) is 3.09. The predicted molar refractivity (Wildman–Crippen MR) is 64.4 cm³/mol. The van der Waals surface area contributed by atoms with Gasteiger partial charge in [0.05, 0.1) is 23.8 Å². The van der Waals surface area contributed by atoms with Gasteiger partial charge in [-0.2, -0.15) is 0 Å². The standard InChI is InChI=1S/C12H19N3/c1-3-6-14-10-7-12(9-13-8-10)15(2)11-4-5-11/h7-9,11,14H,3-6H2,1-2H3. The van der Waals surface area contributed by atoms with E-state index >= 15 is 0 Å². The van der Waals surface area contributed by atoms with Crippen molar-refractivity contribution in [2.24, 2.45) is 0 Å². The summed E-state index contributed by atoms with van der Waals surface area (Å²) in [7, 11) is 2.15. The molecule has 0 aromatic carbocycles. The van der Waals surface area contributed by atoms with E-state index in [-0.39, 0.29) is 0 Å². The van der Waals surface area contributed by atoms with Gasteiger partial charge in [0.25, 0.3) is 0 Å². The Hall–Kier alpha value is -1.25. The first kappa shape index (κ1) is 10.3. The zero-order valence-electron chi connectivity index (χ0n) is 9.53. The van der Waals surface area contributed by atoms with Gasteiger partial charge in [0, 0.05) is 19.6 Å². The van der Waals surface area contributed by atoms with Crippen molar-refractivity contribution in [1.82, 2.24) is 4.98 Å². The van der Waals surface area contributed by atoms with E-state index in [1.165, 1.54) is 18.5 Å². The maximum atomic E-state index is 4.26. The van der Waals surface area contributed by atoms with Crippen molar-refractivity contribution < 1.29 is 0 Å². The van der Waals surface area contributed by atoms with Crippen molar-refractivity contribution in [1.29, 1.82) is 0 Å². The Morgan fingerprint density at radius 2 is 2.27 bits per heavy atom. The quantitative estimate of drug-likeness (QED) is 0.800. The SMILES string of the molecule is CCCNc1cncc(N(C)C2CC2)c1. The highest BCUT2D eigenvalue weighted by atomic mass is 15.2. The molecule has 0 bridgehead atoms. The number of anilines is 2. The number of rotatable bonds is 5. The molecule has 2 rings (SSSR count). The van der Waals surface area contributed by atoms with Gasteiger partial charge in [-0.15, -0.1) is 0 Å². The Labute approximate surface area is 91.5 Å². The summed E-state index contributed by atoms with van der Waals surface area (Å²) in [6, 6.07) is 2.93. The molecule has 1 aliphatic rings. The van der Waals surface area contributed by atoms with Gasteiger partial charge >= 0.3 is 0 Å². The largest absolute Gasteiger partial charge is 0.384 e. The molecule has 15 heavy (non-hydrogen) atoms. The van der Waals surface area contributed by atoms with Crippen LogP contribution in [0.3, 0.4) is 0 Å². The third kappa shape index (κ3) is 2.61. The molecule has 1 aromatic rings. The van der Waals surface area contributed by atoms with Gasteiger partial charge in [-0.05, 0) is 25.3 Å². The molecule has 0 spiro atoms. The van der Waals surface area contributed by atoms with Gasteiger partial charge in [-0.25, -0.2) is 0 Å². The van der Waals surface area contributed by atoms with Crippen LogP contribution in [0.4, 0.5) is 11.4 Å². The van der Waals surface area contributed by atoms with E-state index in [0.717, 1.165) is 24.7 Å². The second-order valence-corrected chi connectivity index (χ2v) is 4.20.